The van der Waals surface area contributed by atoms with Crippen LogP contribution in [0, 0.1) is 16.0 Å². The van der Waals surface area contributed by atoms with Gasteiger partial charge in [0.05, 0.1) is 4.92 Å². The van der Waals surface area contributed by atoms with E-state index in [1.165, 1.54) is 6.20 Å². The number of phenolic OH excluding ortho intramolecular Hbond substituents is 1. The molecule has 0 aliphatic heterocycles. The zero-order valence-electron chi connectivity index (χ0n) is 15.0. The van der Waals surface area contributed by atoms with Crippen molar-refractivity contribution in [3.8, 4) is 5.75 Å². The van der Waals surface area contributed by atoms with E-state index in [0.29, 0.717) is 19.0 Å². The zero-order chi connectivity index (χ0) is 19.2. The third-order valence-electron chi connectivity index (χ3n) is 4.78. The Kier molecular flexibility index (Phi) is 6.02. The summed E-state index contributed by atoms with van der Waals surface area (Å²) in [7, 11) is 0. The Labute approximate surface area is 157 Å². The molecule has 0 radical (unpaired) electrons. The van der Waals surface area contributed by atoms with Crippen LogP contribution in [0.25, 0.3) is 0 Å². The number of benzene rings is 1. The highest BCUT2D eigenvalue weighted by molar-refractivity contribution is 5.57. The lowest BCUT2D eigenvalue weighted by atomic mass is 9.86. The summed E-state index contributed by atoms with van der Waals surface area (Å²) in [4.78, 5) is 19.1. The van der Waals surface area contributed by atoms with Crippen LogP contribution in [0.15, 0.2) is 30.5 Å². The molecule has 3 rings (SSSR count). The van der Waals surface area contributed by atoms with E-state index < -0.39 is 4.92 Å². The molecule has 0 amide bonds. The predicted octanol–water partition coefficient (Wildman–Crippen LogP) is 2.63. The Morgan fingerprint density at radius 1 is 1.26 bits per heavy atom. The SMILES string of the molecule is N[C@H]1CC[C@H](CNc2nc(NCc3cccc(O)c3)ncc2[N+](=O)[O-])CC1. The minimum atomic E-state index is -0.488. The number of nitrogens with zero attached hydrogens (tertiary/aromatic N) is 3. The van der Waals surface area contributed by atoms with Crippen LogP contribution in [0.2, 0.25) is 0 Å². The Morgan fingerprint density at radius 3 is 2.74 bits per heavy atom. The van der Waals surface area contributed by atoms with Gasteiger partial charge in [-0.25, -0.2) is 4.98 Å². The molecule has 1 aromatic carbocycles. The number of aromatic nitrogens is 2. The molecule has 1 aliphatic rings. The largest absolute Gasteiger partial charge is 0.508 e. The average molecular weight is 372 g/mol. The predicted molar refractivity (Wildman–Crippen MR) is 103 cm³/mol. The van der Waals surface area contributed by atoms with Gasteiger partial charge >= 0.3 is 5.69 Å². The fourth-order valence-electron chi connectivity index (χ4n) is 3.21. The van der Waals surface area contributed by atoms with Gasteiger partial charge in [0.1, 0.15) is 11.9 Å². The Bertz CT molecular complexity index is 792. The van der Waals surface area contributed by atoms with Gasteiger partial charge in [-0.3, -0.25) is 10.1 Å². The minimum Gasteiger partial charge on any atom is -0.508 e. The fourth-order valence-corrected chi connectivity index (χ4v) is 3.21. The maximum Gasteiger partial charge on any atom is 0.329 e. The van der Waals surface area contributed by atoms with E-state index in [2.05, 4.69) is 20.6 Å². The third kappa shape index (κ3) is 5.27. The first-order valence-electron chi connectivity index (χ1n) is 9.04. The molecule has 0 saturated heterocycles. The topological polar surface area (TPSA) is 139 Å². The van der Waals surface area contributed by atoms with Gasteiger partial charge in [0, 0.05) is 19.1 Å². The molecule has 1 fully saturated rings. The van der Waals surface area contributed by atoms with Gasteiger partial charge in [0.25, 0.3) is 0 Å². The molecule has 2 aromatic rings. The highest BCUT2D eigenvalue weighted by Crippen LogP contribution is 2.26. The van der Waals surface area contributed by atoms with Crippen molar-refractivity contribution in [3.63, 3.8) is 0 Å². The molecular formula is C18H24N6O3. The van der Waals surface area contributed by atoms with Crippen molar-refractivity contribution in [2.75, 3.05) is 17.2 Å². The van der Waals surface area contributed by atoms with Crippen molar-refractivity contribution in [2.45, 2.75) is 38.3 Å². The molecule has 0 unspecified atom stereocenters. The van der Waals surface area contributed by atoms with Crippen molar-refractivity contribution >= 4 is 17.5 Å². The van der Waals surface area contributed by atoms with Crippen LogP contribution in [-0.2, 0) is 6.54 Å². The molecule has 27 heavy (non-hydrogen) atoms. The van der Waals surface area contributed by atoms with Gasteiger partial charge < -0.3 is 21.5 Å². The van der Waals surface area contributed by atoms with Crippen molar-refractivity contribution in [1.29, 1.82) is 0 Å². The van der Waals surface area contributed by atoms with Gasteiger partial charge in [0.2, 0.25) is 11.8 Å². The van der Waals surface area contributed by atoms with Gasteiger partial charge in [0.15, 0.2) is 0 Å². The second-order valence-electron chi connectivity index (χ2n) is 6.87. The summed E-state index contributed by atoms with van der Waals surface area (Å²) in [5, 5.41) is 26.9. The van der Waals surface area contributed by atoms with Crippen LogP contribution in [-0.4, -0.2) is 32.6 Å². The zero-order valence-corrected chi connectivity index (χ0v) is 15.0. The average Bonchev–Trinajstić information content (AvgIpc) is 2.66. The van der Waals surface area contributed by atoms with Crippen LogP contribution < -0.4 is 16.4 Å². The van der Waals surface area contributed by atoms with Crippen molar-refractivity contribution < 1.29 is 10.0 Å². The van der Waals surface area contributed by atoms with Gasteiger partial charge in [-0.2, -0.15) is 4.98 Å². The number of anilines is 2. The number of aromatic hydroxyl groups is 1. The van der Waals surface area contributed by atoms with Crippen molar-refractivity contribution in [2.24, 2.45) is 11.7 Å². The van der Waals surface area contributed by atoms with Crippen LogP contribution in [0.1, 0.15) is 31.2 Å². The Morgan fingerprint density at radius 2 is 2.04 bits per heavy atom. The summed E-state index contributed by atoms with van der Waals surface area (Å²) in [5.74, 6) is 1.11. The maximum absolute atomic E-state index is 11.3. The molecule has 0 atom stereocenters. The monoisotopic (exact) mass is 372 g/mol. The number of rotatable bonds is 7. The molecular weight excluding hydrogens is 348 g/mol. The molecule has 9 heteroatoms. The molecule has 0 bridgehead atoms. The van der Waals surface area contributed by atoms with Crippen LogP contribution in [0.3, 0.4) is 0 Å². The molecule has 9 nitrogen and oxygen atoms in total. The standard InChI is InChI=1S/C18H24N6O3/c19-14-6-4-12(5-7-14)9-20-17-16(24(26)27)11-22-18(23-17)21-10-13-2-1-3-15(25)8-13/h1-3,8,11-12,14,25H,4-7,9-10,19H2,(H2,20,21,22,23)/t12-,14-. The fraction of sp³-hybridized carbons (Fsp3) is 0.444. The van der Waals surface area contributed by atoms with E-state index in [9.17, 15) is 15.2 Å². The smallest absolute Gasteiger partial charge is 0.329 e. The Hall–Kier alpha value is -2.94. The summed E-state index contributed by atoms with van der Waals surface area (Å²) in [6.45, 7) is 1.02. The lowest BCUT2D eigenvalue weighted by Gasteiger charge is -2.26. The molecule has 1 aliphatic carbocycles. The second kappa shape index (κ2) is 8.63. The van der Waals surface area contributed by atoms with Crippen LogP contribution in [0.5, 0.6) is 5.75 Å². The molecule has 1 heterocycles. The highest BCUT2D eigenvalue weighted by Gasteiger charge is 2.21. The lowest BCUT2D eigenvalue weighted by molar-refractivity contribution is -0.384. The van der Waals surface area contributed by atoms with E-state index in [1.807, 2.05) is 6.07 Å². The quantitative estimate of drug-likeness (QED) is 0.429. The van der Waals surface area contributed by atoms with E-state index in [-0.39, 0.29) is 29.2 Å². The number of nitro groups is 1. The van der Waals surface area contributed by atoms with Gasteiger partial charge in [-0.05, 0) is 49.3 Å². The summed E-state index contributed by atoms with van der Waals surface area (Å²) in [5.41, 5.74) is 6.63. The minimum absolute atomic E-state index is 0.148. The molecule has 1 saturated carbocycles. The van der Waals surface area contributed by atoms with E-state index in [4.69, 9.17) is 5.73 Å². The van der Waals surface area contributed by atoms with E-state index >= 15 is 0 Å². The highest BCUT2D eigenvalue weighted by atomic mass is 16.6. The number of nitrogens with one attached hydrogen (secondary N) is 2. The van der Waals surface area contributed by atoms with Crippen molar-refractivity contribution in [3.05, 3.63) is 46.1 Å². The first-order chi connectivity index (χ1) is 13.0. The summed E-state index contributed by atoms with van der Waals surface area (Å²) < 4.78 is 0. The first-order valence-corrected chi connectivity index (χ1v) is 9.04. The number of hydrogen-bond acceptors (Lipinski definition) is 8. The summed E-state index contributed by atoms with van der Waals surface area (Å²) >= 11 is 0. The number of hydrogen-bond donors (Lipinski definition) is 4. The Balaban J connectivity index is 1.65. The third-order valence-corrected chi connectivity index (χ3v) is 4.78. The summed E-state index contributed by atoms with van der Waals surface area (Å²) in [6, 6.07) is 7.08. The van der Waals surface area contributed by atoms with Crippen molar-refractivity contribution in [1.82, 2.24) is 9.97 Å². The number of nitrogens with two attached hydrogens (primary N) is 1. The van der Waals surface area contributed by atoms with Crippen LogP contribution >= 0.6 is 0 Å². The maximum atomic E-state index is 11.3. The molecule has 5 N–H and O–H groups in total. The number of phenols is 1. The van der Waals surface area contributed by atoms with Gasteiger partial charge in [-0.1, -0.05) is 12.1 Å². The van der Waals surface area contributed by atoms with E-state index in [1.54, 1.807) is 18.2 Å². The van der Waals surface area contributed by atoms with E-state index in [0.717, 1.165) is 31.2 Å². The first kappa shape index (κ1) is 18.8. The molecule has 144 valence electrons. The lowest BCUT2D eigenvalue weighted by Crippen LogP contribution is -2.29. The normalized spacial score (nSPS) is 19.4. The second-order valence-corrected chi connectivity index (χ2v) is 6.87. The molecule has 0 spiro atoms. The van der Waals surface area contributed by atoms with Gasteiger partial charge in [-0.15, -0.1) is 0 Å². The summed E-state index contributed by atoms with van der Waals surface area (Å²) in [6.07, 6.45) is 5.19. The molecule has 1 aromatic heterocycles. The van der Waals surface area contributed by atoms with Crippen LogP contribution in [0.4, 0.5) is 17.5 Å².